The fourth-order valence-corrected chi connectivity index (χ4v) is 9.72. The Kier molecular flexibility index (Phi) is 9.77. The van der Waals surface area contributed by atoms with Gasteiger partial charge in [0.25, 0.3) is 0 Å². The van der Waals surface area contributed by atoms with Crippen LogP contribution in [0.25, 0.3) is 127 Å². The Morgan fingerprint density at radius 3 is 1.43 bits per heavy atom. The molecule has 9 aromatic carbocycles. The van der Waals surface area contributed by atoms with E-state index in [9.17, 15) is 0 Å². The van der Waals surface area contributed by atoms with Crippen LogP contribution in [0.4, 0.5) is 5.69 Å². The number of nitrogens with zero attached hydrogens (tertiary/aromatic N) is 3. The molecule has 0 unspecified atom stereocenters. The third-order valence-corrected chi connectivity index (χ3v) is 13.0. The summed E-state index contributed by atoms with van der Waals surface area (Å²) in [4.78, 5) is 15.3. The highest BCUT2D eigenvalue weighted by Crippen LogP contribution is 2.47. The van der Waals surface area contributed by atoms with Crippen LogP contribution < -0.4 is 5.73 Å². The minimum atomic E-state index is 0.674. The zero-order valence-electron chi connectivity index (χ0n) is 36.6. The molecule has 0 aliphatic carbocycles. The minimum Gasteiger partial charge on any atom is -0.398 e. The Hall–Kier alpha value is -8.99. The Morgan fingerprint density at radius 2 is 0.866 bits per heavy atom. The number of anilines is 1. The molecule has 2 N–H and O–H groups in total. The van der Waals surface area contributed by atoms with Crippen molar-refractivity contribution >= 4 is 66.0 Å². The van der Waals surface area contributed by atoms with Crippen LogP contribution in [0, 0.1) is 0 Å². The first-order chi connectivity index (χ1) is 33.1. The SMILES string of the molecule is C=C/C=C\c1c(N)ccc2ccc(-c3ccc4c(-c5ccc(-c6ccccc6)cc5)c5cc(-c6ccc7ccc8ncccc8c7n6)ccc5c(-c5ccc(-c6ccccc6)cc5)c4c3)nc12. The van der Waals surface area contributed by atoms with Crippen LogP contribution in [0.1, 0.15) is 5.56 Å². The van der Waals surface area contributed by atoms with Gasteiger partial charge in [0.1, 0.15) is 0 Å². The van der Waals surface area contributed by atoms with Crippen molar-refractivity contribution in [3.63, 3.8) is 0 Å². The molecule has 314 valence electrons. The zero-order valence-corrected chi connectivity index (χ0v) is 36.6. The molecular formula is C63H42N4. The van der Waals surface area contributed by atoms with Crippen molar-refractivity contribution in [3.8, 4) is 67.0 Å². The fourth-order valence-electron chi connectivity index (χ4n) is 9.72. The highest BCUT2D eigenvalue weighted by atomic mass is 14.7. The normalized spacial score (nSPS) is 11.6. The molecule has 0 fully saturated rings. The van der Waals surface area contributed by atoms with Gasteiger partial charge in [0.15, 0.2) is 0 Å². The van der Waals surface area contributed by atoms with Gasteiger partial charge in [-0.25, -0.2) is 9.97 Å². The predicted molar refractivity (Wildman–Crippen MR) is 284 cm³/mol. The van der Waals surface area contributed by atoms with Crippen LogP contribution in [0.3, 0.4) is 0 Å². The summed E-state index contributed by atoms with van der Waals surface area (Å²) in [6.45, 7) is 3.89. The molecule has 0 aliphatic heterocycles. The third-order valence-electron chi connectivity index (χ3n) is 13.0. The molecule has 0 spiro atoms. The molecule has 3 aromatic heterocycles. The number of hydrogen-bond acceptors (Lipinski definition) is 4. The Labute approximate surface area is 388 Å². The second kappa shape index (κ2) is 16.5. The molecule has 0 bridgehead atoms. The third kappa shape index (κ3) is 7.09. The van der Waals surface area contributed by atoms with Gasteiger partial charge in [0.2, 0.25) is 0 Å². The molecule has 0 radical (unpaired) electrons. The molecule has 12 rings (SSSR count). The molecule has 0 saturated carbocycles. The first-order valence-corrected chi connectivity index (χ1v) is 22.6. The maximum absolute atomic E-state index is 6.55. The average molecular weight is 855 g/mol. The van der Waals surface area contributed by atoms with Crippen molar-refractivity contribution in [1.29, 1.82) is 0 Å². The van der Waals surface area contributed by atoms with E-state index in [0.717, 1.165) is 105 Å². The van der Waals surface area contributed by atoms with Gasteiger partial charge in [0.05, 0.1) is 27.9 Å². The van der Waals surface area contributed by atoms with E-state index in [2.05, 4.69) is 200 Å². The lowest BCUT2D eigenvalue weighted by molar-refractivity contribution is 1.39. The van der Waals surface area contributed by atoms with Crippen LogP contribution in [0.2, 0.25) is 0 Å². The number of hydrogen-bond donors (Lipinski definition) is 1. The predicted octanol–water partition coefficient (Wildman–Crippen LogP) is 16.4. The molecule has 0 amide bonds. The smallest absolute Gasteiger partial charge is 0.0803 e. The standard InChI is InChI=1S/C63H42N4/c1-2-3-15-52-56(64)33-27-46-28-34-57(66-62(46)52)48-25-31-50-54(38-48)60(44-21-17-42(18-22-44)40-11-6-4-7-12-40)51-32-26-49(58-35-29-47-30-36-59-53(63(47)67-58)16-10-37-65-59)39-55(51)61(50)45-23-19-43(20-24-45)41-13-8-5-9-14-41/h2-39H,1,64H2/b15-3-. The van der Waals surface area contributed by atoms with E-state index in [-0.39, 0.29) is 0 Å². The lowest BCUT2D eigenvalue weighted by Crippen LogP contribution is -1.95. The van der Waals surface area contributed by atoms with E-state index >= 15 is 0 Å². The molecule has 4 nitrogen and oxygen atoms in total. The topological polar surface area (TPSA) is 64.7 Å². The van der Waals surface area contributed by atoms with E-state index in [1.54, 1.807) is 6.08 Å². The highest BCUT2D eigenvalue weighted by Gasteiger charge is 2.20. The van der Waals surface area contributed by atoms with Gasteiger partial charge < -0.3 is 5.73 Å². The number of nitrogen functional groups attached to an aromatic ring is 1. The zero-order chi connectivity index (χ0) is 44.8. The van der Waals surface area contributed by atoms with Crippen molar-refractivity contribution in [2.24, 2.45) is 0 Å². The lowest BCUT2D eigenvalue weighted by atomic mass is 9.84. The number of fused-ring (bicyclic) bond motifs is 6. The van der Waals surface area contributed by atoms with Crippen LogP contribution in [0.5, 0.6) is 0 Å². The molecule has 3 heterocycles. The summed E-state index contributed by atoms with van der Waals surface area (Å²) in [7, 11) is 0. The molecule has 0 atom stereocenters. The van der Waals surface area contributed by atoms with Crippen LogP contribution >= 0.6 is 0 Å². The quantitative estimate of drug-likeness (QED) is 0.0716. The first kappa shape index (κ1) is 39.6. The summed E-state index contributed by atoms with van der Waals surface area (Å²) in [6.07, 6.45) is 7.49. The molecule has 0 saturated heterocycles. The maximum atomic E-state index is 6.55. The monoisotopic (exact) mass is 854 g/mol. The second-order valence-corrected chi connectivity index (χ2v) is 17.0. The average Bonchev–Trinajstić information content (AvgIpc) is 3.40. The number of aromatic nitrogens is 3. The van der Waals surface area contributed by atoms with Crippen molar-refractivity contribution in [2.45, 2.75) is 0 Å². The summed E-state index contributed by atoms with van der Waals surface area (Å²) >= 11 is 0. The number of pyridine rings is 3. The Morgan fingerprint density at radius 1 is 0.388 bits per heavy atom. The summed E-state index contributed by atoms with van der Waals surface area (Å²) < 4.78 is 0. The summed E-state index contributed by atoms with van der Waals surface area (Å²) in [5.74, 6) is 0. The molecule has 67 heavy (non-hydrogen) atoms. The first-order valence-electron chi connectivity index (χ1n) is 22.6. The molecular weight excluding hydrogens is 813 g/mol. The van der Waals surface area contributed by atoms with E-state index in [4.69, 9.17) is 15.7 Å². The van der Waals surface area contributed by atoms with E-state index < -0.39 is 0 Å². The number of benzene rings is 9. The van der Waals surface area contributed by atoms with Gasteiger partial charge in [-0.3, -0.25) is 4.98 Å². The van der Waals surface area contributed by atoms with Gasteiger partial charge in [-0.15, -0.1) is 0 Å². The second-order valence-electron chi connectivity index (χ2n) is 17.0. The van der Waals surface area contributed by atoms with E-state index in [1.165, 1.54) is 22.3 Å². The minimum absolute atomic E-state index is 0.674. The summed E-state index contributed by atoms with van der Waals surface area (Å²) in [5, 5.41) is 7.72. The van der Waals surface area contributed by atoms with Crippen LogP contribution in [-0.4, -0.2) is 15.0 Å². The van der Waals surface area contributed by atoms with Crippen molar-refractivity contribution in [1.82, 2.24) is 15.0 Å². The van der Waals surface area contributed by atoms with Crippen molar-refractivity contribution in [3.05, 3.63) is 237 Å². The van der Waals surface area contributed by atoms with Gasteiger partial charge >= 0.3 is 0 Å². The molecule has 12 aromatic rings. The Balaban J connectivity index is 1.13. The van der Waals surface area contributed by atoms with E-state index in [1.807, 2.05) is 36.5 Å². The summed E-state index contributed by atoms with van der Waals surface area (Å²) in [6, 6.07) is 73.7. The number of rotatable bonds is 8. The fraction of sp³-hybridized carbons (Fsp3) is 0. The van der Waals surface area contributed by atoms with Gasteiger partial charge in [0, 0.05) is 44.7 Å². The van der Waals surface area contributed by atoms with Gasteiger partial charge in [-0.2, -0.15) is 0 Å². The highest BCUT2D eigenvalue weighted by molar-refractivity contribution is 6.22. The Bertz CT molecular complexity index is 3910. The van der Waals surface area contributed by atoms with Crippen molar-refractivity contribution in [2.75, 3.05) is 5.73 Å². The summed E-state index contributed by atoms with van der Waals surface area (Å²) in [5.41, 5.74) is 24.0. The lowest BCUT2D eigenvalue weighted by Gasteiger charge is -2.20. The van der Waals surface area contributed by atoms with Gasteiger partial charge in [-0.1, -0.05) is 183 Å². The largest absolute Gasteiger partial charge is 0.398 e. The van der Waals surface area contributed by atoms with Crippen molar-refractivity contribution < 1.29 is 0 Å². The van der Waals surface area contributed by atoms with Gasteiger partial charge in [-0.05, 0) is 115 Å². The number of allylic oxidation sites excluding steroid dienone is 2. The molecule has 0 aliphatic rings. The van der Waals surface area contributed by atoms with Crippen LogP contribution in [-0.2, 0) is 0 Å². The van der Waals surface area contributed by atoms with E-state index in [0.29, 0.717) is 5.69 Å². The van der Waals surface area contributed by atoms with Crippen LogP contribution in [0.15, 0.2) is 231 Å². The maximum Gasteiger partial charge on any atom is 0.0803 e. The molecule has 4 heteroatoms. The number of nitrogens with two attached hydrogens (primary N) is 1.